The fourth-order valence-electron chi connectivity index (χ4n) is 4.13. The number of ether oxygens (including phenoxy) is 2. The first-order valence-corrected chi connectivity index (χ1v) is 11.9. The smallest absolute Gasteiger partial charge is 0.247 e. The highest BCUT2D eigenvalue weighted by molar-refractivity contribution is 6.28. The van der Waals surface area contributed by atoms with Crippen LogP contribution in [0.5, 0.6) is 5.75 Å². The Bertz CT molecular complexity index is 1220. The number of anilines is 5. The number of hydrogen-bond acceptors (Lipinski definition) is 7. The fourth-order valence-corrected chi connectivity index (χ4v) is 4.31. The van der Waals surface area contributed by atoms with E-state index in [1.807, 2.05) is 12.1 Å². The molecule has 0 bridgehead atoms. The van der Waals surface area contributed by atoms with Gasteiger partial charge in [-0.15, -0.1) is 0 Å². The number of amides is 1. The first kappa shape index (κ1) is 23.3. The number of hydrogen-bond donors (Lipinski definition) is 2. The molecule has 1 aromatic heterocycles. The molecule has 1 fully saturated rings. The number of nitrogens with one attached hydrogen (secondary N) is 2. The van der Waals surface area contributed by atoms with Gasteiger partial charge in [0.1, 0.15) is 23.4 Å². The summed E-state index contributed by atoms with van der Waals surface area (Å²) in [4.78, 5) is 20.7. The fraction of sp³-hybridized carbons (Fsp3) is 0.320. The predicted molar refractivity (Wildman–Crippen MR) is 132 cm³/mol. The monoisotopic (exact) mass is 497 g/mol. The topological polar surface area (TPSA) is 88.6 Å². The third kappa shape index (κ3) is 5.47. The van der Waals surface area contributed by atoms with Crippen LogP contribution in [0.15, 0.2) is 48.7 Å². The van der Waals surface area contributed by atoms with Gasteiger partial charge in [-0.25, -0.2) is 13.8 Å². The highest BCUT2D eigenvalue weighted by Crippen LogP contribution is 2.34. The average Bonchev–Trinajstić information content (AvgIpc) is 3.06. The van der Waals surface area contributed by atoms with E-state index in [-0.39, 0.29) is 23.6 Å². The Morgan fingerprint density at radius 1 is 1.17 bits per heavy atom. The van der Waals surface area contributed by atoms with E-state index >= 15 is 0 Å². The number of carbonyl (C=O) groups is 1. The van der Waals surface area contributed by atoms with E-state index in [1.54, 1.807) is 24.3 Å². The molecule has 10 heteroatoms. The number of benzene rings is 2. The second-order valence-electron chi connectivity index (χ2n) is 8.43. The van der Waals surface area contributed by atoms with Crippen LogP contribution in [0.2, 0.25) is 0 Å². The lowest BCUT2D eigenvalue weighted by molar-refractivity contribution is -0.116. The van der Waals surface area contributed by atoms with E-state index in [2.05, 4.69) is 20.6 Å². The maximum Gasteiger partial charge on any atom is 0.247 e. The third-order valence-corrected chi connectivity index (χ3v) is 6.30. The molecular weight excluding hydrogens is 473 g/mol. The second-order valence-corrected chi connectivity index (χ2v) is 8.77. The molecule has 2 aromatic carbocycles. The van der Waals surface area contributed by atoms with Crippen molar-refractivity contribution < 1.29 is 18.7 Å². The van der Waals surface area contributed by atoms with E-state index in [4.69, 9.17) is 21.3 Å². The van der Waals surface area contributed by atoms with Gasteiger partial charge >= 0.3 is 0 Å². The summed E-state index contributed by atoms with van der Waals surface area (Å²) in [6.07, 6.45) is 5.08. The maximum atomic E-state index is 14.8. The van der Waals surface area contributed by atoms with E-state index < -0.39 is 5.82 Å². The predicted octanol–water partition coefficient (Wildman–Crippen LogP) is 5.48. The van der Waals surface area contributed by atoms with Crippen molar-refractivity contribution in [2.45, 2.75) is 38.2 Å². The minimum absolute atomic E-state index is 0.0202. The molecule has 0 spiro atoms. The van der Waals surface area contributed by atoms with Gasteiger partial charge in [0, 0.05) is 42.9 Å². The lowest BCUT2D eigenvalue weighted by Crippen LogP contribution is -2.26. The number of nitrogens with zero attached hydrogens (tertiary/aromatic N) is 3. The third-order valence-electron chi connectivity index (χ3n) is 5.95. The first-order chi connectivity index (χ1) is 17.1. The van der Waals surface area contributed by atoms with Crippen LogP contribution in [-0.2, 0) is 16.0 Å². The molecule has 3 heterocycles. The van der Waals surface area contributed by atoms with Gasteiger partial charge < -0.3 is 20.1 Å². The van der Waals surface area contributed by atoms with Crippen LogP contribution in [0.25, 0.3) is 0 Å². The highest BCUT2D eigenvalue weighted by Gasteiger charge is 2.20. The SMILES string of the molecule is O=C1CCCc2ccc(N(Cl)c3nccc(Nc4c(F)cccc4OC4CCOCC4)n3)cc2N1. The van der Waals surface area contributed by atoms with Gasteiger partial charge in [-0.1, -0.05) is 12.1 Å². The summed E-state index contributed by atoms with van der Waals surface area (Å²) in [5, 5.41) is 5.93. The molecule has 182 valence electrons. The van der Waals surface area contributed by atoms with Gasteiger partial charge in [0.25, 0.3) is 0 Å². The quantitative estimate of drug-likeness (QED) is 0.436. The van der Waals surface area contributed by atoms with Crippen molar-refractivity contribution in [3.05, 3.63) is 60.0 Å². The van der Waals surface area contributed by atoms with Crippen LogP contribution < -0.4 is 19.8 Å². The van der Waals surface area contributed by atoms with E-state index in [9.17, 15) is 9.18 Å². The number of para-hydroxylation sites is 1. The molecular formula is C25H25ClFN5O3. The number of aromatic nitrogens is 2. The highest BCUT2D eigenvalue weighted by atomic mass is 35.5. The van der Waals surface area contributed by atoms with Gasteiger partial charge in [0.15, 0.2) is 5.82 Å². The van der Waals surface area contributed by atoms with Gasteiger partial charge in [-0.05, 0) is 48.7 Å². The van der Waals surface area contributed by atoms with Crippen LogP contribution in [0.3, 0.4) is 0 Å². The maximum absolute atomic E-state index is 14.8. The summed E-state index contributed by atoms with van der Waals surface area (Å²) < 4.78 is 27.5. The van der Waals surface area contributed by atoms with Crippen LogP contribution in [-0.4, -0.2) is 35.2 Å². The lowest BCUT2D eigenvalue weighted by atomic mass is 10.1. The molecule has 5 rings (SSSR count). The second kappa shape index (κ2) is 10.5. The Labute approximate surface area is 207 Å². The minimum atomic E-state index is -0.459. The number of aryl methyl sites for hydroxylation is 1. The van der Waals surface area contributed by atoms with Crippen LogP contribution in [0.4, 0.5) is 33.2 Å². The zero-order chi connectivity index (χ0) is 24.2. The molecule has 0 unspecified atom stereocenters. The van der Waals surface area contributed by atoms with Crippen LogP contribution in [0.1, 0.15) is 31.2 Å². The number of halogens is 2. The van der Waals surface area contributed by atoms with Crippen molar-refractivity contribution in [1.29, 1.82) is 0 Å². The Balaban J connectivity index is 1.37. The lowest BCUT2D eigenvalue weighted by Gasteiger charge is -2.25. The Morgan fingerprint density at radius 3 is 2.89 bits per heavy atom. The molecule has 2 aliphatic rings. The summed E-state index contributed by atoms with van der Waals surface area (Å²) in [7, 11) is 0. The molecule has 0 atom stereocenters. The number of carbonyl (C=O) groups excluding carboxylic acids is 1. The molecule has 2 N–H and O–H groups in total. The Morgan fingerprint density at radius 2 is 2.03 bits per heavy atom. The molecule has 0 aliphatic carbocycles. The van der Waals surface area contributed by atoms with Gasteiger partial charge in [0.05, 0.1) is 18.9 Å². The van der Waals surface area contributed by atoms with Gasteiger partial charge in [0.2, 0.25) is 11.9 Å². The largest absolute Gasteiger partial charge is 0.488 e. The van der Waals surface area contributed by atoms with Gasteiger partial charge in [-0.3, -0.25) is 4.79 Å². The van der Waals surface area contributed by atoms with Crippen molar-refractivity contribution in [3.8, 4) is 5.75 Å². The molecule has 1 amide bonds. The van der Waals surface area contributed by atoms with Crippen molar-refractivity contribution in [2.24, 2.45) is 0 Å². The average molecular weight is 498 g/mol. The summed E-state index contributed by atoms with van der Waals surface area (Å²) in [6.45, 7) is 1.24. The molecule has 35 heavy (non-hydrogen) atoms. The summed E-state index contributed by atoms with van der Waals surface area (Å²) in [5.41, 5.74) is 2.57. The van der Waals surface area contributed by atoms with Crippen molar-refractivity contribution in [1.82, 2.24) is 9.97 Å². The molecule has 0 saturated carbocycles. The van der Waals surface area contributed by atoms with E-state index in [0.717, 1.165) is 36.9 Å². The van der Waals surface area contributed by atoms with Crippen LogP contribution >= 0.6 is 11.8 Å². The number of fused-ring (bicyclic) bond motifs is 1. The standard InChI is InChI=1S/C25H25ClFN5O3/c26-32(17-8-7-16-3-1-6-23(33)29-20(16)15-17)25-28-12-9-22(31-25)30-24-19(27)4-2-5-21(24)35-18-10-13-34-14-11-18/h2,4-5,7-9,12,15,18H,1,3,6,10-11,13-14H2,(H,29,33)(H,28,30,31). The number of rotatable bonds is 6. The van der Waals surface area contributed by atoms with Crippen molar-refractivity contribution in [2.75, 3.05) is 28.3 Å². The zero-order valence-corrected chi connectivity index (χ0v) is 19.7. The summed E-state index contributed by atoms with van der Waals surface area (Å²) in [5.74, 6) is 0.471. The molecule has 3 aromatic rings. The van der Waals surface area contributed by atoms with Crippen molar-refractivity contribution in [3.63, 3.8) is 0 Å². The van der Waals surface area contributed by atoms with Gasteiger partial charge in [-0.2, -0.15) is 4.98 Å². The Kier molecular flexibility index (Phi) is 6.96. The molecule has 0 radical (unpaired) electrons. The van der Waals surface area contributed by atoms with Crippen LogP contribution in [0, 0.1) is 5.82 Å². The Hall–Kier alpha value is -3.43. The molecule has 1 saturated heterocycles. The van der Waals surface area contributed by atoms with Crippen molar-refractivity contribution >= 4 is 46.5 Å². The normalized spacial score (nSPS) is 16.1. The zero-order valence-electron chi connectivity index (χ0n) is 19.0. The first-order valence-electron chi connectivity index (χ1n) is 11.6. The van der Waals surface area contributed by atoms with E-state index in [1.165, 1.54) is 16.7 Å². The summed E-state index contributed by atoms with van der Waals surface area (Å²) in [6, 6.07) is 11.9. The summed E-state index contributed by atoms with van der Waals surface area (Å²) >= 11 is 6.57. The minimum Gasteiger partial charge on any atom is -0.488 e. The molecule has 2 aliphatic heterocycles. The van der Waals surface area contributed by atoms with E-state index in [0.29, 0.717) is 36.9 Å². The molecule has 8 nitrogen and oxygen atoms in total.